The first-order valence-corrected chi connectivity index (χ1v) is 4.22. The first-order valence-electron chi connectivity index (χ1n) is 4.22. The van der Waals surface area contributed by atoms with Crippen LogP contribution in [-0.2, 0) is 14.4 Å². The van der Waals surface area contributed by atoms with Crippen molar-refractivity contribution < 1.29 is 14.4 Å². The van der Waals surface area contributed by atoms with Crippen LogP contribution in [0.4, 0.5) is 0 Å². The molecule has 0 saturated heterocycles. The van der Waals surface area contributed by atoms with E-state index in [1.165, 1.54) is 6.92 Å². The number of nitrogens with zero attached hydrogens (tertiary/aromatic N) is 1. The van der Waals surface area contributed by atoms with Gasteiger partial charge in [0.1, 0.15) is 12.3 Å². The highest BCUT2D eigenvalue weighted by molar-refractivity contribution is 5.88. The highest BCUT2D eigenvalue weighted by atomic mass is 16.2. The van der Waals surface area contributed by atoms with Gasteiger partial charge in [0.05, 0.1) is 6.04 Å². The van der Waals surface area contributed by atoms with Gasteiger partial charge in [-0.2, -0.15) is 0 Å². The average Bonchev–Trinajstić information content (AvgIpc) is 2.10. The number of carbonyl (C=O) groups excluding carboxylic acids is 3. The minimum atomic E-state index is -0.946. The molecule has 0 saturated carbocycles. The van der Waals surface area contributed by atoms with Gasteiger partial charge < -0.3 is 16.3 Å². The Balaban J connectivity index is 4.15. The van der Waals surface area contributed by atoms with E-state index in [4.69, 9.17) is 11.5 Å². The minimum Gasteiger partial charge on any atom is -0.368 e. The average molecular weight is 200 g/mol. The molecular weight excluding hydrogens is 186 g/mol. The van der Waals surface area contributed by atoms with Crippen molar-refractivity contribution in [3.8, 4) is 0 Å². The number of aldehydes is 1. The summed E-state index contributed by atoms with van der Waals surface area (Å²) in [5.74, 6) is -1.31. The Labute approximate surface area is 82.0 Å². The maximum Gasteiger partial charge on any atom is 0.258 e. The minimum absolute atomic E-state index is 0.142. The summed E-state index contributed by atoms with van der Waals surface area (Å²) in [6.45, 7) is 1.46. The van der Waals surface area contributed by atoms with Crippen LogP contribution in [0.1, 0.15) is 19.8 Å². The number of hydrogen-bond acceptors (Lipinski definition) is 4. The molecule has 6 nitrogen and oxygen atoms in total. The van der Waals surface area contributed by atoms with Gasteiger partial charge in [0.25, 0.3) is 5.91 Å². The van der Waals surface area contributed by atoms with Crippen molar-refractivity contribution in [2.24, 2.45) is 11.5 Å². The fourth-order valence-electron chi connectivity index (χ4n) is 0.768. The van der Waals surface area contributed by atoms with E-state index in [1.54, 1.807) is 0 Å². The maximum absolute atomic E-state index is 11.0. The molecule has 79 valence electrons. The highest BCUT2D eigenvalue weighted by Gasteiger charge is 2.21. The van der Waals surface area contributed by atoms with Gasteiger partial charge in [-0.25, -0.2) is 5.32 Å². The van der Waals surface area contributed by atoms with Crippen molar-refractivity contribution in [1.29, 1.82) is 0 Å². The Morgan fingerprint density at radius 2 is 2.07 bits per heavy atom. The number of nitrogens with two attached hydrogens (primary N) is 2. The molecule has 0 spiro atoms. The third kappa shape index (κ3) is 4.56. The van der Waals surface area contributed by atoms with Gasteiger partial charge in [-0.1, -0.05) is 0 Å². The zero-order valence-electron chi connectivity index (χ0n) is 7.97. The SMILES string of the molecule is C[C@H](N)C(=O)[N][C@H](CCC=O)C(N)=O. The van der Waals surface area contributed by atoms with E-state index in [0.717, 1.165) is 0 Å². The lowest BCUT2D eigenvalue weighted by Gasteiger charge is -2.12. The second kappa shape index (κ2) is 6.09. The van der Waals surface area contributed by atoms with Crippen LogP contribution >= 0.6 is 0 Å². The van der Waals surface area contributed by atoms with Gasteiger partial charge >= 0.3 is 0 Å². The van der Waals surface area contributed by atoms with Crippen molar-refractivity contribution in [2.45, 2.75) is 31.8 Å². The van der Waals surface area contributed by atoms with Crippen LogP contribution < -0.4 is 16.8 Å². The van der Waals surface area contributed by atoms with Crippen LogP contribution in [0.2, 0.25) is 0 Å². The van der Waals surface area contributed by atoms with Crippen LogP contribution in [0.5, 0.6) is 0 Å². The first-order chi connectivity index (χ1) is 6.49. The Morgan fingerprint density at radius 3 is 2.43 bits per heavy atom. The topological polar surface area (TPSA) is 117 Å². The van der Waals surface area contributed by atoms with Gasteiger partial charge in [-0.3, -0.25) is 9.59 Å². The third-order valence-corrected chi connectivity index (χ3v) is 1.56. The summed E-state index contributed by atoms with van der Waals surface area (Å²) in [4.78, 5) is 31.9. The molecule has 6 heteroatoms. The molecule has 0 bridgehead atoms. The lowest BCUT2D eigenvalue weighted by Crippen LogP contribution is -2.44. The van der Waals surface area contributed by atoms with Crippen LogP contribution in [0, 0.1) is 0 Å². The number of hydrogen-bond donors (Lipinski definition) is 2. The van der Waals surface area contributed by atoms with E-state index in [2.05, 4.69) is 5.32 Å². The fraction of sp³-hybridized carbons (Fsp3) is 0.625. The molecule has 14 heavy (non-hydrogen) atoms. The van der Waals surface area contributed by atoms with E-state index in [0.29, 0.717) is 6.29 Å². The molecular formula is C8H14N3O3. The molecule has 0 aliphatic carbocycles. The Bertz CT molecular complexity index is 228. The van der Waals surface area contributed by atoms with Gasteiger partial charge in [0.2, 0.25) is 5.91 Å². The summed E-state index contributed by atoms with van der Waals surface area (Å²) >= 11 is 0. The molecule has 0 fully saturated rings. The molecule has 2 amide bonds. The molecule has 0 rings (SSSR count). The Hall–Kier alpha value is -1.43. The summed E-state index contributed by atoms with van der Waals surface area (Å²) in [7, 11) is 0. The molecule has 4 N–H and O–H groups in total. The fourth-order valence-corrected chi connectivity index (χ4v) is 0.768. The van der Waals surface area contributed by atoms with E-state index >= 15 is 0 Å². The summed E-state index contributed by atoms with van der Waals surface area (Å²) < 4.78 is 0. The predicted molar refractivity (Wildman–Crippen MR) is 49.1 cm³/mol. The predicted octanol–water partition coefficient (Wildman–Crippen LogP) is -1.70. The molecule has 2 atom stereocenters. The van der Waals surface area contributed by atoms with Gasteiger partial charge in [-0.15, -0.1) is 0 Å². The summed E-state index contributed by atoms with van der Waals surface area (Å²) in [5, 5.41) is 3.52. The molecule has 0 aromatic carbocycles. The van der Waals surface area contributed by atoms with E-state index < -0.39 is 23.9 Å². The van der Waals surface area contributed by atoms with E-state index in [-0.39, 0.29) is 12.8 Å². The first kappa shape index (κ1) is 12.6. The van der Waals surface area contributed by atoms with Gasteiger partial charge in [0, 0.05) is 6.42 Å². The van der Waals surface area contributed by atoms with Crippen molar-refractivity contribution >= 4 is 18.1 Å². The van der Waals surface area contributed by atoms with Crippen LogP contribution in [0.3, 0.4) is 0 Å². The molecule has 0 aliphatic heterocycles. The zero-order valence-corrected chi connectivity index (χ0v) is 7.97. The van der Waals surface area contributed by atoms with Crippen molar-refractivity contribution in [1.82, 2.24) is 5.32 Å². The normalized spacial score (nSPS) is 14.1. The lowest BCUT2D eigenvalue weighted by atomic mass is 10.1. The number of carbonyl (C=O) groups is 3. The van der Waals surface area contributed by atoms with Crippen LogP contribution in [0.15, 0.2) is 0 Å². The molecule has 0 aromatic rings. The van der Waals surface area contributed by atoms with Gasteiger partial charge in [0.15, 0.2) is 0 Å². The molecule has 0 heterocycles. The zero-order chi connectivity index (χ0) is 11.1. The van der Waals surface area contributed by atoms with Crippen LogP contribution in [0.25, 0.3) is 0 Å². The van der Waals surface area contributed by atoms with Crippen molar-refractivity contribution in [2.75, 3.05) is 0 Å². The largest absolute Gasteiger partial charge is 0.368 e. The van der Waals surface area contributed by atoms with Gasteiger partial charge in [-0.05, 0) is 13.3 Å². The number of primary amides is 1. The summed E-state index contributed by atoms with van der Waals surface area (Å²) in [5.41, 5.74) is 10.2. The second-order valence-corrected chi connectivity index (χ2v) is 2.92. The monoisotopic (exact) mass is 200 g/mol. The molecule has 1 radical (unpaired) electrons. The third-order valence-electron chi connectivity index (χ3n) is 1.56. The van der Waals surface area contributed by atoms with E-state index in [9.17, 15) is 14.4 Å². The Kier molecular flexibility index (Phi) is 5.47. The molecule has 0 aliphatic rings. The summed E-state index contributed by atoms with van der Waals surface area (Å²) in [6.07, 6.45) is 0.933. The maximum atomic E-state index is 11.0. The standard InChI is InChI=1S/C8H14N3O3/c1-5(9)8(14)11-6(7(10)13)3-2-4-12/h4-6H,2-3,9H2,1H3,(H2,10,13)/t5-,6+/m0/s1. The number of rotatable bonds is 6. The number of amides is 2. The van der Waals surface area contributed by atoms with Crippen molar-refractivity contribution in [3.05, 3.63) is 0 Å². The second-order valence-electron chi connectivity index (χ2n) is 2.92. The van der Waals surface area contributed by atoms with E-state index in [1.807, 2.05) is 0 Å². The van der Waals surface area contributed by atoms with Crippen molar-refractivity contribution in [3.63, 3.8) is 0 Å². The smallest absolute Gasteiger partial charge is 0.258 e. The lowest BCUT2D eigenvalue weighted by molar-refractivity contribution is -0.128. The molecule has 0 aromatic heterocycles. The van der Waals surface area contributed by atoms with Crippen LogP contribution in [-0.4, -0.2) is 30.2 Å². The quantitative estimate of drug-likeness (QED) is 0.497. The summed E-state index contributed by atoms with van der Waals surface area (Å²) in [6, 6.07) is -1.70. The Morgan fingerprint density at radius 1 is 1.50 bits per heavy atom. The molecule has 0 unspecified atom stereocenters. The highest BCUT2D eigenvalue weighted by Crippen LogP contribution is 1.97.